The molecule has 0 saturated carbocycles. The van der Waals surface area contributed by atoms with E-state index in [0.717, 1.165) is 18.9 Å². The number of pyridine rings is 1. The third-order valence-electron chi connectivity index (χ3n) is 3.33. The Morgan fingerprint density at radius 2 is 2.44 bits per heavy atom. The number of nitrogens with zero attached hydrogens (tertiary/aromatic N) is 2. The summed E-state index contributed by atoms with van der Waals surface area (Å²) in [7, 11) is 1.98. The van der Waals surface area contributed by atoms with Gasteiger partial charge in [-0.15, -0.1) is 0 Å². The maximum Gasteiger partial charge on any atom is 0.129 e. The zero-order valence-electron chi connectivity index (χ0n) is 10.2. The molecule has 1 N–H and O–H groups in total. The normalized spacial score (nSPS) is 20.4. The van der Waals surface area contributed by atoms with Gasteiger partial charge in [-0.05, 0) is 44.0 Å². The second kappa shape index (κ2) is 5.30. The summed E-state index contributed by atoms with van der Waals surface area (Å²) in [5, 5.41) is 3.18. The smallest absolute Gasteiger partial charge is 0.129 e. The van der Waals surface area contributed by atoms with Gasteiger partial charge in [0.1, 0.15) is 5.82 Å². The first-order valence-corrected chi connectivity index (χ1v) is 6.21. The van der Waals surface area contributed by atoms with Gasteiger partial charge in [0.2, 0.25) is 0 Å². The van der Waals surface area contributed by atoms with Crippen LogP contribution in [0, 0.1) is 0 Å². The van der Waals surface area contributed by atoms with Crippen molar-refractivity contribution in [3.05, 3.63) is 23.9 Å². The van der Waals surface area contributed by atoms with Crippen LogP contribution in [0.3, 0.4) is 0 Å². The van der Waals surface area contributed by atoms with E-state index in [0.29, 0.717) is 6.04 Å². The Balaban J connectivity index is 2.16. The van der Waals surface area contributed by atoms with Gasteiger partial charge in [0.15, 0.2) is 0 Å². The van der Waals surface area contributed by atoms with Crippen molar-refractivity contribution in [1.29, 1.82) is 0 Å². The molecule has 1 aromatic heterocycles. The second-order valence-corrected chi connectivity index (χ2v) is 4.45. The van der Waals surface area contributed by atoms with E-state index in [1.165, 1.54) is 24.8 Å². The first-order valence-electron chi connectivity index (χ1n) is 6.21. The van der Waals surface area contributed by atoms with Crippen molar-refractivity contribution in [2.45, 2.75) is 38.8 Å². The summed E-state index contributed by atoms with van der Waals surface area (Å²) in [5.41, 5.74) is 1.31. The summed E-state index contributed by atoms with van der Waals surface area (Å²) in [6.07, 6.45) is 5.76. The van der Waals surface area contributed by atoms with Gasteiger partial charge in [0, 0.05) is 25.3 Å². The Labute approximate surface area is 97.9 Å². The molecule has 2 rings (SSSR count). The van der Waals surface area contributed by atoms with Gasteiger partial charge in [0.05, 0.1) is 0 Å². The van der Waals surface area contributed by atoms with Crippen molar-refractivity contribution in [2.75, 3.05) is 18.5 Å². The minimum absolute atomic E-state index is 0.692. The predicted octanol–water partition coefficient (Wildman–Crippen LogP) is 2.18. The molecule has 1 aliphatic heterocycles. The highest BCUT2D eigenvalue weighted by molar-refractivity contribution is 5.43. The van der Waals surface area contributed by atoms with Crippen LogP contribution < -0.4 is 10.2 Å². The molecule has 1 fully saturated rings. The molecule has 0 aromatic carbocycles. The fourth-order valence-corrected chi connectivity index (χ4v) is 2.49. The van der Waals surface area contributed by atoms with E-state index in [2.05, 4.69) is 34.3 Å². The molecule has 1 aromatic rings. The monoisotopic (exact) mass is 219 g/mol. The van der Waals surface area contributed by atoms with Gasteiger partial charge in [-0.2, -0.15) is 0 Å². The van der Waals surface area contributed by atoms with Crippen LogP contribution in [0.4, 0.5) is 5.82 Å². The maximum absolute atomic E-state index is 4.50. The summed E-state index contributed by atoms with van der Waals surface area (Å²) < 4.78 is 0. The number of aromatic nitrogens is 1. The predicted molar refractivity (Wildman–Crippen MR) is 67.7 cm³/mol. The van der Waals surface area contributed by atoms with Crippen molar-refractivity contribution in [3.8, 4) is 0 Å². The second-order valence-electron chi connectivity index (χ2n) is 4.45. The minimum atomic E-state index is 0.692. The fraction of sp³-hybridized carbons (Fsp3) is 0.615. The molecule has 0 amide bonds. The van der Waals surface area contributed by atoms with Crippen molar-refractivity contribution in [2.24, 2.45) is 0 Å². The van der Waals surface area contributed by atoms with E-state index in [1.807, 2.05) is 13.2 Å². The lowest BCUT2D eigenvalue weighted by atomic mass is 10.1. The average molecular weight is 219 g/mol. The molecule has 0 spiro atoms. The molecule has 1 aliphatic rings. The highest BCUT2D eigenvalue weighted by atomic mass is 15.2. The number of nitrogens with one attached hydrogen (secondary N) is 1. The topological polar surface area (TPSA) is 28.2 Å². The number of rotatable bonds is 4. The van der Waals surface area contributed by atoms with Crippen LogP contribution in [-0.4, -0.2) is 24.6 Å². The standard InChI is InChI=1S/C13H21N3/c1-3-12-5-4-8-16(12)13-9-11(10-14-2)6-7-15-13/h6-7,9,12,14H,3-5,8,10H2,1-2H3. The van der Waals surface area contributed by atoms with Crippen molar-refractivity contribution >= 4 is 5.82 Å². The molecular weight excluding hydrogens is 198 g/mol. The van der Waals surface area contributed by atoms with E-state index in [9.17, 15) is 0 Å². The van der Waals surface area contributed by atoms with Crippen LogP contribution in [0.25, 0.3) is 0 Å². The zero-order chi connectivity index (χ0) is 11.4. The van der Waals surface area contributed by atoms with Crippen LogP contribution >= 0.6 is 0 Å². The van der Waals surface area contributed by atoms with Gasteiger partial charge in [-0.3, -0.25) is 0 Å². The molecule has 16 heavy (non-hydrogen) atoms. The summed E-state index contributed by atoms with van der Waals surface area (Å²) in [4.78, 5) is 6.96. The molecule has 0 aliphatic carbocycles. The molecular formula is C13H21N3. The van der Waals surface area contributed by atoms with Crippen molar-refractivity contribution in [1.82, 2.24) is 10.3 Å². The molecule has 0 bridgehead atoms. The van der Waals surface area contributed by atoms with Crippen LogP contribution in [0.5, 0.6) is 0 Å². The molecule has 2 heterocycles. The quantitative estimate of drug-likeness (QED) is 0.841. The van der Waals surface area contributed by atoms with E-state index in [1.54, 1.807) is 0 Å². The van der Waals surface area contributed by atoms with Gasteiger partial charge in [-0.25, -0.2) is 4.98 Å². The SMILES string of the molecule is CCC1CCCN1c1cc(CNC)ccn1. The van der Waals surface area contributed by atoms with Crippen LogP contribution in [0.1, 0.15) is 31.7 Å². The lowest BCUT2D eigenvalue weighted by Gasteiger charge is -2.25. The molecule has 1 unspecified atom stereocenters. The van der Waals surface area contributed by atoms with Crippen molar-refractivity contribution < 1.29 is 0 Å². The summed E-state index contributed by atoms with van der Waals surface area (Å²) in [5.74, 6) is 1.15. The van der Waals surface area contributed by atoms with Gasteiger partial charge in [0.25, 0.3) is 0 Å². The molecule has 1 atom stereocenters. The van der Waals surface area contributed by atoms with Gasteiger partial charge < -0.3 is 10.2 Å². The lowest BCUT2D eigenvalue weighted by molar-refractivity contribution is 0.640. The van der Waals surface area contributed by atoms with Crippen LogP contribution in [-0.2, 0) is 6.54 Å². The van der Waals surface area contributed by atoms with Crippen molar-refractivity contribution in [3.63, 3.8) is 0 Å². The van der Waals surface area contributed by atoms with E-state index in [4.69, 9.17) is 0 Å². The van der Waals surface area contributed by atoms with E-state index >= 15 is 0 Å². The lowest BCUT2D eigenvalue weighted by Crippen LogP contribution is -2.29. The maximum atomic E-state index is 4.50. The van der Waals surface area contributed by atoms with Crippen LogP contribution in [0.2, 0.25) is 0 Å². The summed E-state index contributed by atoms with van der Waals surface area (Å²) >= 11 is 0. The van der Waals surface area contributed by atoms with Gasteiger partial charge >= 0.3 is 0 Å². The average Bonchev–Trinajstić information content (AvgIpc) is 2.78. The first kappa shape index (κ1) is 11.4. The highest BCUT2D eigenvalue weighted by Crippen LogP contribution is 2.25. The third kappa shape index (κ3) is 2.35. The Morgan fingerprint density at radius 1 is 1.56 bits per heavy atom. The summed E-state index contributed by atoms with van der Waals surface area (Å²) in [6, 6.07) is 4.99. The van der Waals surface area contributed by atoms with E-state index in [-0.39, 0.29) is 0 Å². The third-order valence-corrected chi connectivity index (χ3v) is 3.33. The Bertz CT molecular complexity index is 338. The molecule has 88 valence electrons. The fourth-order valence-electron chi connectivity index (χ4n) is 2.49. The van der Waals surface area contributed by atoms with Crippen LogP contribution in [0.15, 0.2) is 18.3 Å². The Kier molecular flexibility index (Phi) is 3.78. The molecule has 3 nitrogen and oxygen atoms in total. The first-order chi connectivity index (χ1) is 7.85. The molecule has 1 saturated heterocycles. The number of hydrogen-bond donors (Lipinski definition) is 1. The zero-order valence-corrected chi connectivity index (χ0v) is 10.2. The summed E-state index contributed by atoms with van der Waals surface area (Å²) in [6.45, 7) is 4.34. The highest BCUT2D eigenvalue weighted by Gasteiger charge is 2.23. The minimum Gasteiger partial charge on any atom is -0.354 e. The molecule has 0 radical (unpaired) electrons. The Morgan fingerprint density at radius 3 is 3.19 bits per heavy atom. The van der Waals surface area contributed by atoms with Gasteiger partial charge in [-0.1, -0.05) is 6.92 Å². The van der Waals surface area contributed by atoms with E-state index < -0.39 is 0 Å². The number of hydrogen-bond acceptors (Lipinski definition) is 3. The largest absolute Gasteiger partial charge is 0.354 e. The Hall–Kier alpha value is -1.09. The number of anilines is 1. The molecule has 3 heteroatoms.